The fourth-order valence-electron chi connectivity index (χ4n) is 2.19. The smallest absolute Gasteiger partial charge is 0.233 e. The van der Waals surface area contributed by atoms with Gasteiger partial charge in [-0.05, 0) is 12.6 Å². The van der Waals surface area contributed by atoms with Crippen molar-refractivity contribution in [2.24, 2.45) is 0 Å². The van der Waals surface area contributed by atoms with Gasteiger partial charge < -0.3 is 5.32 Å². The maximum Gasteiger partial charge on any atom is 0.233 e. The molecule has 1 aliphatic rings. The molecule has 0 atom stereocenters. The highest BCUT2D eigenvalue weighted by Crippen LogP contribution is 2.10. The molecule has 0 saturated carbocycles. The van der Waals surface area contributed by atoms with Crippen molar-refractivity contribution in [3.63, 3.8) is 0 Å². The molecule has 0 spiro atoms. The summed E-state index contributed by atoms with van der Waals surface area (Å²) in [7, 11) is 0. The van der Waals surface area contributed by atoms with E-state index in [0.717, 1.165) is 37.7 Å². The molecule has 0 radical (unpaired) electrons. The minimum absolute atomic E-state index is 0.665. The summed E-state index contributed by atoms with van der Waals surface area (Å²) in [6.45, 7) is 6.37. The van der Waals surface area contributed by atoms with Crippen molar-refractivity contribution in [2.75, 3.05) is 19.6 Å². The van der Waals surface area contributed by atoms with Crippen LogP contribution in [0.15, 0.2) is 24.7 Å². The molecule has 1 N–H and O–H groups in total. The molecule has 1 fully saturated rings. The van der Waals surface area contributed by atoms with Crippen LogP contribution in [0.4, 0.5) is 0 Å². The predicted octanol–water partition coefficient (Wildman–Crippen LogP) is 0.523. The summed E-state index contributed by atoms with van der Waals surface area (Å²) < 4.78 is 1.97. The molecule has 2 aromatic rings. The van der Waals surface area contributed by atoms with Gasteiger partial charge in [0.1, 0.15) is 0 Å². The van der Waals surface area contributed by atoms with E-state index in [1.165, 1.54) is 0 Å². The average molecular weight is 231 g/mol. The maximum atomic E-state index is 4.53. The van der Waals surface area contributed by atoms with Crippen LogP contribution in [0.25, 0.3) is 5.78 Å². The number of nitrogens with one attached hydrogen (secondary N) is 1. The Labute approximate surface area is 100 Å². The van der Waals surface area contributed by atoms with E-state index in [2.05, 4.69) is 33.3 Å². The molecule has 17 heavy (non-hydrogen) atoms. The minimum Gasteiger partial charge on any atom is -0.314 e. The summed E-state index contributed by atoms with van der Waals surface area (Å²) in [5, 5.41) is 3.31. The van der Waals surface area contributed by atoms with Crippen molar-refractivity contribution < 1.29 is 0 Å². The summed E-state index contributed by atoms with van der Waals surface area (Å²) in [6, 6.07) is 2.59. The molecule has 2 aromatic heterocycles. The van der Waals surface area contributed by atoms with E-state index in [1.807, 2.05) is 16.7 Å². The van der Waals surface area contributed by atoms with Crippen molar-refractivity contribution in [2.45, 2.75) is 19.5 Å². The van der Waals surface area contributed by atoms with Gasteiger partial charge in [0.2, 0.25) is 5.78 Å². The number of fused-ring (bicyclic) bond motifs is 1. The lowest BCUT2D eigenvalue weighted by Gasteiger charge is -2.37. The minimum atomic E-state index is 0.665. The summed E-state index contributed by atoms with van der Waals surface area (Å²) in [5.74, 6) is 0.783. The number of imidazole rings is 1. The van der Waals surface area contributed by atoms with Crippen LogP contribution in [-0.2, 0) is 6.54 Å². The molecular formula is C12H17N5. The van der Waals surface area contributed by atoms with Crippen LogP contribution in [0.5, 0.6) is 0 Å². The first-order valence-electron chi connectivity index (χ1n) is 6.10. The van der Waals surface area contributed by atoms with Crippen LogP contribution in [-0.4, -0.2) is 44.9 Å². The zero-order valence-electron chi connectivity index (χ0n) is 10.0. The van der Waals surface area contributed by atoms with Crippen molar-refractivity contribution >= 4 is 5.78 Å². The molecule has 0 unspecified atom stereocenters. The molecular weight excluding hydrogens is 214 g/mol. The molecule has 1 saturated heterocycles. The lowest BCUT2D eigenvalue weighted by atomic mass is 10.1. The normalized spacial score (nSPS) is 16.6. The lowest BCUT2D eigenvalue weighted by molar-refractivity contribution is 0.144. The third-order valence-corrected chi connectivity index (χ3v) is 3.33. The van der Waals surface area contributed by atoms with Crippen molar-refractivity contribution in [1.29, 1.82) is 0 Å². The molecule has 5 heteroatoms. The van der Waals surface area contributed by atoms with E-state index in [-0.39, 0.29) is 0 Å². The van der Waals surface area contributed by atoms with Gasteiger partial charge in [-0.25, -0.2) is 9.97 Å². The standard InChI is InChI=1S/C12H17N5/c1-2-16(11-6-13-7-11)8-10-9-17-5-3-4-14-12(17)15-10/h3-5,9,11,13H,2,6-8H2,1H3. The van der Waals surface area contributed by atoms with E-state index in [1.54, 1.807) is 6.20 Å². The molecule has 90 valence electrons. The van der Waals surface area contributed by atoms with Gasteiger partial charge in [0.25, 0.3) is 0 Å². The summed E-state index contributed by atoms with van der Waals surface area (Å²) in [5.41, 5.74) is 1.09. The Hall–Kier alpha value is -1.46. The Kier molecular flexibility index (Phi) is 2.78. The molecule has 1 aliphatic heterocycles. The van der Waals surface area contributed by atoms with Crippen LogP contribution >= 0.6 is 0 Å². The summed E-state index contributed by atoms with van der Waals surface area (Å²) in [6.07, 6.45) is 5.83. The number of hydrogen-bond donors (Lipinski definition) is 1. The van der Waals surface area contributed by atoms with E-state index < -0.39 is 0 Å². The third-order valence-electron chi connectivity index (χ3n) is 3.33. The fourth-order valence-corrected chi connectivity index (χ4v) is 2.19. The van der Waals surface area contributed by atoms with Gasteiger partial charge in [0, 0.05) is 44.3 Å². The first-order valence-corrected chi connectivity index (χ1v) is 6.10. The number of hydrogen-bond acceptors (Lipinski definition) is 4. The molecule has 5 nitrogen and oxygen atoms in total. The second-order valence-corrected chi connectivity index (χ2v) is 4.43. The Morgan fingerprint density at radius 3 is 3.06 bits per heavy atom. The quantitative estimate of drug-likeness (QED) is 0.833. The topological polar surface area (TPSA) is 45.5 Å². The van der Waals surface area contributed by atoms with Crippen molar-refractivity contribution in [3.05, 3.63) is 30.4 Å². The maximum absolute atomic E-state index is 4.53. The van der Waals surface area contributed by atoms with E-state index in [0.29, 0.717) is 6.04 Å². The largest absolute Gasteiger partial charge is 0.314 e. The van der Waals surface area contributed by atoms with Gasteiger partial charge >= 0.3 is 0 Å². The van der Waals surface area contributed by atoms with E-state index >= 15 is 0 Å². The van der Waals surface area contributed by atoms with Gasteiger partial charge in [-0.1, -0.05) is 6.92 Å². The first-order chi connectivity index (χ1) is 8.36. The van der Waals surface area contributed by atoms with Gasteiger partial charge in [0.05, 0.1) is 5.69 Å². The van der Waals surface area contributed by atoms with Gasteiger partial charge in [-0.15, -0.1) is 0 Å². The second-order valence-electron chi connectivity index (χ2n) is 4.43. The molecule has 3 heterocycles. The molecule has 0 bridgehead atoms. The van der Waals surface area contributed by atoms with Crippen LogP contribution in [0, 0.1) is 0 Å². The Morgan fingerprint density at radius 2 is 2.41 bits per heavy atom. The first kappa shape index (κ1) is 10.7. The third kappa shape index (κ3) is 2.03. The highest BCUT2D eigenvalue weighted by Gasteiger charge is 2.23. The average Bonchev–Trinajstić information content (AvgIpc) is 2.67. The Balaban J connectivity index is 1.78. The number of nitrogens with zero attached hydrogens (tertiary/aromatic N) is 4. The van der Waals surface area contributed by atoms with Crippen LogP contribution in [0.3, 0.4) is 0 Å². The zero-order valence-corrected chi connectivity index (χ0v) is 10.0. The number of rotatable bonds is 4. The summed E-state index contributed by atoms with van der Waals surface area (Å²) >= 11 is 0. The second kappa shape index (κ2) is 4.43. The molecule has 0 aliphatic carbocycles. The molecule has 3 rings (SSSR count). The Bertz CT molecular complexity index is 469. The highest BCUT2D eigenvalue weighted by molar-refractivity contribution is 5.29. The van der Waals surface area contributed by atoms with Crippen molar-refractivity contribution in [1.82, 2.24) is 24.6 Å². The van der Waals surface area contributed by atoms with Crippen LogP contribution in [0.1, 0.15) is 12.6 Å². The van der Waals surface area contributed by atoms with E-state index in [4.69, 9.17) is 0 Å². The van der Waals surface area contributed by atoms with Gasteiger partial charge in [0.15, 0.2) is 0 Å². The lowest BCUT2D eigenvalue weighted by Crippen LogP contribution is -2.56. The van der Waals surface area contributed by atoms with Gasteiger partial charge in [-0.2, -0.15) is 0 Å². The van der Waals surface area contributed by atoms with Gasteiger partial charge in [-0.3, -0.25) is 9.30 Å². The monoisotopic (exact) mass is 231 g/mol. The SMILES string of the molecule is CCN(Cc1cn2cccnc2n1)C1CNC1. The van der Waals surface area contributed by atoms with E-state index in [9.17, 15) is 0 Å². The summed E-state index contributed by atoms with van der Waals surface area (Å²) in [4.78, 5) is 11.2. The Morgan fingerprint density at radius 1 is 1.53 bits per heavy atom. The number of likely N-dealkylation sites (N-methyl/N-ethyl adjacent to an activating group) is 1. The molecule has 0 amide bonds. The fraction of sp³-hybridized carbons (Fsp3) is 0.500. The van der Waals surface area contributed by atoms with Crippen LogP contribution < -0.4 is 5.32 Å². The molecule has 0 aromatic carbocycles. The predicted molar refractivity (Wildman–Crippen MR) is 65.7 cm³/mol. The van der Waals surface area contributed by atoms with Crippen LogP contribution in [0.2, 0.25) is 0 Å². The zero-order chi connectivity index (χ0) is 11.7. The number of aromatic nitrogens is 3. The highest BCUT2D eigenvalue weighted by atomic mass is 15.2. The van der Waals surface area contributed by atoms with Crippen molar-refractivity contribution in [3.8, 4) is 0 Å².